The summed E-state index contributed by atoms with van der Waals surface area (Å²) >= 11 is 1.17. The van der Waals surface area contributed by atoms with Crippen molar-refractivity contribution in [2.75, 3.05) is 6.26 Å². The summed E-state index contributed by atoms with van der Waals surface area (Å²) in [7, 11) is 0. The molecule has 0 aliphatic rings. The quantitative estimate of drug-likeness (QED) is 0.365. The third kappa shape index (κ3) is 3.96. The zero-order chi connectivity index (χ0) is 12.9. The summed E-state index contributed by atoms with van der Waals surface area (Å²) in [6, 6.07) is 2.02. The molecule has 17 heavy (non-hydrogen) atoms. The molecule has 0 bridgehead atoms. The highest BCUT2D eigenvalue weighted by Crippen LogP contribution is 2.28. The molecule has 0 atom stereocenters. The Kier molecular flexibility index (Phi) is 4.34. The largest absolute Gasteiger partial charge is 0.433 e. The summed E-state index contributed by atoms with van der Waals surface area (Å²) in [5.74, 6) is 0. The summed E-state index contributed by atoms with van der Waals surface area (Å²) in [6.45, 7) is 0. The Morgan fingerprint density at radius 3 is 2.65 bits per heavy atom. The summed E-state index contributed by atoms with van der Waals surface area (Å²) in [5.41, 5.74) is -0.736. The standard InChI is InChI=1S/C9H7F3N4S/c1-17-8(15-5-13)16-6-2-3-7(14-4-6)9(10,11)12/h2-4H,1H3,(H,15,16). The molecule has 1 rings (SSSR count). The molecule has 0 aliphatic carbocycles. The maximum atomic E-state index is 12.2. The van der Waals surface area contributed by atoms with Gasteiger partial charge in [0.05, 0.1) is 11.9 Å². The number of nitrogens with one attached hydrogen (secondary N) is 1. The van der Waals surface area contributed by atoms with E-state index in [0.29, 0.717) is 0 Å². The molecule has 0 spiro atoms. The van der Waals surface area contributed by atoms with Crippen LogP contribution >= 0.6 is 11.8 Å². The lowest BCUT2D eigenvalue weighted by Crippen LogP contribution is -2.12. The molecule has 0 fully saturated rings. The third-order valence-corrected chi connectivity index (χ3v) is 2.21. The molecule has 1 aromatic rings. The fraction of sp³-hybridized carbons (Fsp3) is 0.222. The van der Waals surface area contributed by atoms with Gasteiger partial charge in [-0.25, -0.2) is 9.98 Å². The van der Waals surface area contributed by atoms with E-state index in [0.717, 1.165) is 12.3 Å². The second-order valence-corrected chi connectivity index (χ2v) is 3.55. The Labute approximate surface area is 99.6 Å². The number of amidine groups is 1. The summed E-state index contributed by atoms with van der Waals surface area (Å²) < 4.78 is 36.6. The van der Waals surface area contributed by atoms with Crippen LogP contribution in [0.15, 0.2) is 23.3 Å². The second-order valence-electron chi connectivity index (χ2n) is 2.76. The normalized spacial score (nSPS) is 12.1. The molecule has 1 N–H and O–H groups in total. The number of nitrogens with zero attached hydrogens (tertiary/aromatic N) is 3. The van der Waals surface area contributed by atoms with Crippen molar-refractivity contribution in [1.29, 1.82) is 5.26 Å². The van der Waals surface area contributed by atoms with E-state index in [1.54, 1.807) is 12.4 Å². The Bertz CT molecular complexity index is 447. The Morgan fingerprint density at radius 1 is 1.53 bits per heavy atom. The van der Waals surface area contributed by atoms with Gasteiger partial charge in [-0.2, -0.15) is 18.4 Å². The number of halogens is 3. The summed E-state index contributed by atoms with van der Waals surface area (Å²) in [6.07, 6.45) is -0.111. The highest BCUT2D eigenvalue weighted by Gasteiger charge is 2.31. The van der Waals surface area contributed by atoms with Gasteiger partial charge in [-0.3, -0.25) is 5.32 Å². The minimum absolute atomic E-state index is 0.241. The van der Waals surface area contributed by atoms with E-state index in [4.69, 9.17) is 5.26 Å². The molecule has 0 radical (unpaired) electrons. The van der Waals surface area contributed by atoms with E-state index in [9.17, 15) is 13.2 Å². The zero-order valence-electron chi connectivity index (χ0n) is 8.62. The van der Waals surface area contributed by atoms with E-state index in [1.165, 1.54) is 17.8 Å². The number of nitriles is 1. The minimum atomic E-state index is -4.46. The van der Waals surface area contributed by atoms with Gasteiger partial charge in [-0.15, -0.1) is 0 Å². The maximum absolute atomic E-state index is 12.2. The van der Waals surface area contributed by atoms with Crippen molar-refractivity contribution in [3.8, 4) is 6.19 Å². The van der Waals surface area contributed by atoms with E-state index < -0.39 is 11.9 Å². The number of alkyl halides is 3. The molecule has 1 aromatic heterocycles. The first-order chi connectivity index (χ1) is 7.97. The second kappa shape index (κ2) is 5.54. The third-order valence-electron chi connectivity index (χ3n) is 1.63. The van der Waals surface area contributed by atoms with Gasteiger partial charge in [-0.1, -0.05) is 11.8 Å². The number of hydrogen-bond donors (Lipinski definition) is 1. The molecular weight excluding hydrogens is 253 g/mol. The lowest BCUT2D eigenvalue weighted by Gasteiger charge is -2.05. The average molecular weight is 260 g/mol. The van der Waals surface area contributed by atoms with Crippen LogP contribution in [0.4, 0.5) is 18.9 Å². The van der Waals surface area contributed by atoms with E-state index in [2.05, 4.69) is 15.3 Å². The Hall–Kier alpha value is -1.75. The molecule has 0 aromatic carbocycles. The van der Waals surface area contributed by atoms with Gasteiger partial charge in [0.2, 0.25) is 0 Å². The first kappa shape index (κ1) is 13.3. The molecule has 0 saturated carbocycles. The predicted molar refractivity (Wildman–Crippen MR) is 58.6 cm³/mol. The van der Waals surface area contributed by atoms with Crippen LogP contribution in [0.2, 0.25) is 0 Å². The monoisotopic (exact) mass is 260 g/mol. The van der Waals surface area contributed by atoms with Crippen molar-refractivity contribution in [2.45, 2.75) is 6.18 Å². The predicted octanol–water partition coefficient (Wildman–Crippen LogP) is 2.52. The maximum Gasteiger partial charge on any atom is 0.433 e. The van der Waals surface area contributed by atoms with Gasteiger partial charge in [0.15, 0.2) is 11.4 Å². The van der Waals surface area contributed by atoms with Crippen molar-refractivity contribution >= 4 is 22.6 Å². The average Bonchev–Trinajstić information content (AvgIpc) is 2.28. The first-order valence-electron chi connectivity index (χ1n) is 4.28. The van der Waals surface area contributed by atoms with Crippen LogP contribution in [0.3, 0.4) is 0 Å². The van der Waals surface area contributed by atoms with Gasteiger partial charge in [0.1, 0.15) is 5.69 Å². The van der Waals surface area contributed by atoms with Crippen molar-refractivity contribution in [3.63, 3.8) is 0 Å². The van der Waals surface area contributed by atoms with Crippen LogP contribution in [-0.4, -0.2) is 16.4 Å². The minimum Gasteiger partial charge on any atom is -0.271 e. The van der Waals surface area contributed by atoms with Gasteiger partial charge in [0.25, 0.3) is 0 Å². The van der Waals surface area contributed by atoms with Crippen molar-refractivity contribution in [3.05, 3.63) is 24.0 Å². The lowest BCUT2D eigenvalue weighted by atomic mass is 10.3. The van der Waals surface area contributed by atoms with E-state index in [1.807, 2.05) is 0 Å². The molecule has 0 saturated heterocycles. The highest BCUT2D eigenvalue weighted by atomic mass is 32.2. The molecular formula is C9H7F3N4S. The molecule has 0 amide bonds. The molecule has 1 heterocycles. The number of aliphatic imine (C=N–C) groups is 1. The summed E-state index contributed by atoms with van der Waals surface area (Å²) in [5, 5.41) is 11.0. The van der Waals surface area contributed by atoms with Gasteiger partial charge in [0, 0.05) is 0 Å². The van der Waals surface area contributed by atoms with Crippen LogP contribution in [-0.2, 0) is 6.18 Å². The first-order valence-corrected chi connectivity index (χ1v) is 5.51. The van der Waals surface area contributed by atoms with Crippen LogP contribution in [0, 0.1) is 11.5 Å². The highest BCUT2D eigenvalue weighted by molar-refractivity contribution is 8.13. The number of aromatic nitrogens is 1. The smallest absolute Gasteiger partial charge is 0.271 e. The molecule has 4 nitrogen and oxygen atoms in total. The van der Waals surface area contributed by atoms with E-state index in [-0.39, 0.29) is 10.9 Å². The fourth-order valence-corrected chi connectivity index (χ4v) is 1.25. The van der Waals surface area contributed by atoms with Gasteiger partial charge in [-0.05, 0) is 18.4 Å². The number of pyridine rings is 1. The number of thioether (sulfide) groups is 1. The topological polar surface area (TPSA) is 61.1 Å². The number of hydrogen-bond acceptors (Lipinski definition) is 4. The Morgan fingerprint density at radius 2 is 2.24 bits per heavy atom. The zero-order valence-corrected chi connectivity index (χ0v) is 9.43. The van der Waals surface area contributed by atoms with Crippen LogP contribution in [0.25, 0.3) is 0 Å². The van der Waals surface area contributed by atoms with Crippen molar-refractivity contribution in [2.24, 2.45) is 4.99 Å². The SMILES string of the molecule is CSC(=Nc1ccc(C(F)(F)F)nc1)NC#N. The van der Waals surface area contributed by atoms with E-state index >= 15 is 0 Å². The van der Waals surface area contributed by atoms with Crippen LogP contribution < -0.4 is 5.32 Å². The number of rotatable bonds is 1. The van der Waals surface area contributed by atoms with Crippen LogP contribution in [0.1, 0.15) is 5.69 Å². The van der Waals surface area contributed by atoms with Crippen molar-refractivity contribution in [1.82, 2.24) is 10.3 Å². The lowest BCUT2D eigenvalue weighted by molar-refractivity contribution is -0.141. The molecule has 90 valence electrons. The Balaban J connectivity index is 2.92. The van der Waals surface area contributed by atoms with Gasteiger partial charge < -0.3 is 0 Å². The molecule has 0 aliphatic heterocycles. The molecule has 8 heteroatoms. The summed E-state index contributed by atoms with van der Waals surface area (Å²) in [4.78, 5) is 7.15. The van der Waals surface area contributed by atoms with Gasteiger partial charge >= 0.3 is 6.18 Å². The van der Waals surface area contributed by atoms with Crippen LogP contribution in [0.5, 0.6) is 0 Å². The molecule has 0 unspecified atom stereocenters. The fourth-order valence-electron chi connectivity index (χ4n) is 0.910. The van der Waals surface area contributed by atoms with Crippen molar-refractivity contribution < 1.29 is 13.2 Å².